The molecule has 38 nitrogen and oxygen atoms in total. The van der Waals surface area contributed by atoms with Crippen LogP contribution in [0.15, 0.2) is 43.0 Å². The van der Waals surface area contributed by atoms with E-state index in [1.807, 2.05) is 20.1 Å². The van der Waals surface area contributed by atoms with Gasteiger partial charge in [0.15, 0.2) is 0 Å². The van der Waals surface area contributed by atoms with E-state index in [9.17, 15) is 77.6 Å². The van der Waals surface area contributed by atoms with Crippen LogP contribution < -0.4 is 81.4 Å². The number of hydrogen-bond acceptors (Lipinski definition) is 20. The molecule has 2 aromatic heterocycles. The molecule has 0 spiro atoms. The Morgan fingerprint density at radius 3 is 1.54 bits per heavy atom. The zero-order valence-corrected chi connectivity index (χ0v) is 57.4. The summed E-state index contributed by atoms with van der Waals surface area (Å²) in [4.78, 5) is 183. The number of H-pyrrole nitrogens is 2. The van der Waals surface area contributed by atoms with Gasteiger partial charge in [-0.1, -0.05) is 45.9 Å². The second kappa shape index (κ2) is 50.4. The van der Waals surface area contributed by atoms with Crippen LogP contribution in [0, 0.1) is 31.8 Å². The van der Waals surface area contributed by atoms with E-state index < -0.39 is 188 Å². The van der Waals surface area contributed by atoms with Gasteiger partial charge in [-0.3, -0.25) is 62.3 Å². The van der Waals surface area contributed by atoms with Gasteiger partial charge in [0.1, 0.15) is 60.4 Å². The van der Waals surface area contributed by atoms with E-state index in [4.69, 9.17) is 36.9 Å². The van der Waals surface area contributed by atoms with Crippen molar-refractivity contribution in [3.8, 4) is 20.0 Å². The standard InChI is InChI=1S/C55H86N18O16S.3CHO.H2O.Tc/c1-26(2)15-36(50(84)66-34(45(59)79)13-14-90-6)68-51(85)38(17-30-20-60-25-63-30)65-43(78)21-62-55(89)44(27(3)4)73-46(80)28(5)64-49(83)37(16-29-19-61-33-10-8-7-9-31(29)33)69-48(82)35(11-12-42(58)77)67-52(86)40(23-75)71-54(88)41(24-76)72-53(87)39(22-74)70-47(81)32(57)18-56;3*1-2;;/h7-10,19-20,25-28,32,34-41,44,61,74-76H,11-18,21-24,56-57H2,1-6H3,(H2,58,77)(H2,59,79)(H,60,63)(H,62,89)(H,64,83)(H,65,78)(H,66,84)(H,67,86)(H,68,85)(H,69,82)(H,70,81)(H,71,88)(H,72,87)(H,73,80);3*1H;1H2;/q;3*+1;;/t28-,32?,34-,35-,36-,37-,38-,39-,40-,41-,44-;;;;;/m0...../s1/i;;;;;1+1. The van der Waals surface area contributed by atoms with Gasteiger partial charge in [-0.2, -0.15) is 11.8 Å². The number of nitrogens with one attached hydrogen (secondary N) is 13. The minimum absolute atomic E-state index is 0. The summed E-state index contributed by atoms with van der Waals surface area (Å²) in [5, 5.41) is 57.0. The van der Waals surface area contributed by atoms with Gasteiger partial charge in [-0.25, -0.2) is 4.98 Å². The molecule has 0 aliphatic carbocycles. The Bertz CT molecular complexity index is 3100. The summed E-state index contributed by atoms with van der Waals surface area (Å²) in [6, 6.07) is -9.28. The van der Waals surface area contributed by atoms with Crippen LogP contribution in [0.2, 0.25) is 0 Å². The van der Waals surface area contributed by atoms with E-state index in [0.29, 0.717) is 27.9 Å². The average Bonchev–Trinajstić information content (AvgIpc) is 1.62. The fourth-order valence-corrected chi connectivity index (χ4v) is 9.12. The van der Waals surface area contributed by atoms with Gasteiger partial charge < -0.3 is 112 Å². The van der Waals surface area contributed by atoms with Crippen LogP contribution in [-0.4, -0.2) is 224 Å². The summed E-state index contributed by atoms with van der Waals surface area (Å²) < 4.78 is 23.2. The monoisotopic (exact) mass is 1490 g/mol. The Balaban J connectivity index is -0.0000110. The Morgan fingerprint density at radius 2 is 1.05 bits per heavy atom. The molecule has 13 amide bonds. The van der Waals surface area contributed by atoms with Gasteiger partial charge in [0, 0.05) is 74.9 Å². The summed E-state index contributed by atoms with van der Waals surface area (Å²) in [6.07, 6.45) is 5.13. The average molecular weight is 1490 g/mol. The number of benzene rings is 1. The molecule has 0 bridgehead atoms. The first kappa shape index (κ1) is 93.2. The molecule has 40 heteroatoms. The van der Waals surface area contributed by atoms with Crippen molar-refractivity contribution in [1.29, 1.82) is 0 Å². The SMILES string of the molecule is C#[O+].C#[O+].C#[O+].CSCC[C@H](NC(=O)[C@H](CC(C)C)NC(=O)[C@H](Cc1cnc[nH]1)NC(=O)CNC(=O)[C@@H](NC(=O)[C@H](C)NC(=O)[C@H](Cc1c[nH]c2ccccc12)NC(=O)[C@H](CCC(N)=O)NC(=O)[C@H](CO)NC(=O)[C@H](CO)NC(=O)[C@H](CO)NC(=O)C(N)CN)C(C)C)C(N)=O.O.[99Tc]. The largest absolute Gasteiger partial charge is 0.412 e. The van der Waals surface area contributed by atoms with Gasteiger partial charge in [-0.05, 0) is 61.7 Å². The number of aromatic amines is 2. The van der Waals surface area contributed by atoms with Crippen molar-refractivity contribution in [1.82, 2.24) is 73.4 Å². The number of aliphatic hydroxyl groups excluding tert-OH is 3. The van der Waals surface area contributed by atoms with E-state index in [2.05, 4.69) is 93.4 Å². The number of amides is 13. The second-order valence-electron chi connectivity index (χ2n) is 21.8. The van der Waals surface area contributed by atoms with Crippen molar-refractivity contribution < 1.29 is 117 Å². The first-order valence-electron chi connectivity index (χ1n) is 29.5. The smallest absolute Gasteiger partial charge is 0.245 e. The summed E-state index contributed by atoms with van der Waals surface area (Å²) in [7, 11) is 0. The van der Waals surface area contributed by atoms with Gasteiger partial charge in [0.25, 0.3) is 0 Å². The fourth-order valence-electron chi connectivity index (χ4n) is 8.65. The predicted octanol–water partition coefficient (Wildman–Crippen LogP) is -8.68. The maximum absolute atomic E-state index is 14.3. The molecule has 0 aliphatic heterocycles. The molecule has 0 saturated carbocycles. The third-order valence-electron chi connectivity index (χ3n) is 13.7. The third-order valence-corrected chi connectivity index (χ3v) is 14.4. The zero-order chi connectivity index (χ0) is 73.4. The second-order valence-corrected chi connectivity index (χ2v) is 22.8. The molecule has 543 valence electrons. The van der Waals surface area contributed by atoms with Crippen LogP contribution in [-0.2, 0) is 109 Å². The molecule has 98 heavy (non-hydrogen) atoms. The molecule has 0 aliphatic rings. The molecule has 0 saturated heterocycles. The number of fused-ring (bicyclic) bond motifs is 1. The molecule has 3 aromatic rings. The van der Waals surface area contributed by atoms with Crippen LogP contribution in [0.5, 0.6) is 0 Å². The van der Waals surface area contributed by atoms with Gasteiger partial charge in [0.05, 0.1) is 38.7 Å². The van der Waals surface area contributed by atoms with Crippen molar-refractivity contribution in [2.45, 2.75) is 140 Å². The van der Waals surface area contributed by atoms with Crippen molar-refractivity contribution in [2.24, 2.45) is 34.8 Å². The normalized spacial score (nSPS) is 13.7. The van der Waals surface area contributed by atoms with Gasteiger partial charge in [0.2, 0.25) is 76.8 Å². The molecule has 3 rings (SSSR count). The summed E-state index contributed by atoms with van der Waals surface area (Å²) in [5.74, 6) is -12.6. The minimum atomic E-state index is -1.90. The minimum Gasteiger partial charge on any atom is -0.412 e. The number of nitrogens with two attached hydrogens (primary N) is 4. The van der Waals surface area contributed by atoms with Crippen LogP contribution in [0.4, 0.5) is 0 Å². The number of thioether (sulfide) groups is 1. The van der Waals surface area contributed by atoms with Crippen molar-refractivity contribution in [2.75, 3.05) is 44.9 Å². The van der Waals surface area contributed by atoms with Crippen LogP contribution in [0.25, 0.3) is 10.9 Å². The first-order valence-corrected chi connectivity index (χ1v) is 30.9. The van der Waals surface area contributed by atoms with E-state index >= 15 is 0 Å². The molecule has 1 aromatic carbocycles. The molecule has 1 unspecified atom stereocenters. The predicted molar refractivity (Wildman–Crippen MR) is 346 cm³/mol. The fraction of sp³-hybridized carbons (Fsp3) is 0.534. The van der Waals surface area contributed by atoms with E-state index in [1.165, 1.54) is 31.2 Å². The number of para-hydroxylation sites is 1. The molecule has 2 heterocycles. The van der Waals surface area contributed by atoms with Crippen LogP contribution >= 0.6 is 11.8 Å². The van der Waals surface area contributed by atoms with E-state index in [1.54, 1.807) is 44.3 Å². The number of hydrogen-bond donors (Lipinski definition) is 20. The summed E-state index contributed by atoms with van der Waals surface area (Å²) in [5.41, 5.74) is 23.4. The molecule has 26 N–H and O–H groups in total. The van der Waals surface area contributed by atoms with Crippen LogP contribution in [0.3, 0.4) is 0 Å². The first-order chi connectivity index (χ1) is 45.6. The maximum Gasteiger partial charge on any atom is 0.245 e. The quantitative estimate of drug-likeness (QED) is 0.0235. The van der Waals surface area contributed by atoms with E-state index in [-0.39, 0.29) is 63.7 Å². The molecular weight excluding hydrogens is 1400 g/mol. The molecular formula is C58H91N18O20STc+3. The van der Waals surface area contributed by atoms with Crippen molar-refractivity contribution in [3.63, 3.8) is 0 Å². The third kappa shape index (κ3) is 32.9. The number of aromatic nitrogens is 3. The Kier molecular flexibility index (Phi) is 48.0. The van der Waals surface area contributed by atoms with Gasteiger partial charge >= 0.3 is 33.9 Å². The number of rotatable bonds is 40. The number of carbonyl (C=O) groups is 13. The summed E-state index contributed by atoms with van der Waals surface area (Å²) >= 11 is 1.44. The number of aliphatic hydroxyl groups is 3. The number of imidazole rings is 1. The number of primary amides is 2. The Labute approximate surface area is 581 Å². The number of carbonyl (C=O) groups excluding carboxylic acids is 13. The van der Waals surface area contributed by atoms with Crippen molar-refractivity contribution in [3.05, 3.63) is 54.2 Å². The van der Waals surface area contributed by atoms with Crippen LogP contribution in [0.1, 0.15) is 71.6 Å². The maximum atomic E-state index is 14.3. The van der Waals surface area contributed by atoms with Gasteiger partial charge in [-0.15, -0.1) is 0 Å². The molecule has 11 atom stereocenters. The van der Waals surface area contributed by atoms with E-state index in [0.717, 1.165) is 0 Å². The molecule has 1 radical (unpaired) electrons. The Hall–Kier alpha value is -8.94. The topological polar surface area (TPSA) is 655 Å². The summed E-state index contributed by atoms with van der Waals surface area (Å²) in [6.45, 7) is 13.6. The zero-order valence-electron chi connectivity index (χ0n) is 54.7. The number of nitrogens with zero attached hydrogens (tertiary/aromatic N) is 1. The van der Waals surface area contributed by atoms with Crippen molar-refractivity contribution >= 4 is 99.5 Å². The Morgan fingerprint density at radius 1 is 0.582 bits per heavy atom. The molecule has 0 fully saturated rings.